The molecule has 0 fully saturated rings. The molecule has 0 unspecified atom stereocenters. The van der Waals surface area contributed by atoms with Crippen molar-refractivity contribution in [1.29, 1.82) is 0 Å². The molecule has 0 bridgehead atoms. The molecule has 4 rings (SSSR count). The van der Waals surface area contributed by atoms with Crippen molar-refractivity contribution in [3.63, 3.8) is 0 Å². The quantitative estimate of drug-likeness (QED) is 0.479. The molecule has 0 saturated carbocycles. The van der Waals surface area contributed by atoms with Crippen LogP contribution >= 0.6 is 11.6 Å². The second kappa shape index (κ2) is 8.35. The first kappa shape index (κ1) is 21.4. The summed E-state index contributed by atoms with van der Waals surface area (Å²) in [7, 11) is 0. The number of nitrogens with one attached hydrogen (secondary N) is 1. The van der Waals surface area contributed by atoms with Gasteiger partial charge >= 0.3 is 0 Å². The lowest BCUT2D eigenvalue weighted by molar-refractivity contribution is 0.0996. The molecule has 0 saturated heterocycles. The molecule has 2 amide bonds. The number of fused-ring (bicyclic) bond motifs is 1. The summed E-state index contributed by atoms with van der Waals surface area (Å²) in [6.45, 7) is 4.26. The number of carbonyl (C=O) groups excluding carboxylic acids is 2. The number of halogens is 2. The number of pyridine rings is 1. The molecule has 3 N–H and O–H groups in total. The second-order valence-electron chi connectivity index (χ2n) is 7.32. The Morgan fingerprint density at radius 1 is 1.16 bits per heavy atom. The minimum atomic E-state index is -0.850. The van der Waals surface area contributed by atoms with Crippen LogP contribution in [0.15, 0.2) is 42.5 Å². The van der Waals surface area contributed by atoms with Crippen LogP contribution in [0.1, 0.15) is 37.7 Å². The average Bonchev–Trinajstić information content (AvgIpc) is 3.09. The van der Waals surface area contributed by atoms with Gasteiger partial charge in [0.15, 0.2) is 5.82 Å². The van der Waals surface area contributed by atoms with Crippen LogP contribution in [0.5, 0.6) is 0 Å². The summed E-state index contributed by atoms with van der Waals surface area (Å²) in [5.41, 5.74) is 8.10. The molecule has 162 valence electrons. The molecule has 0 aliphatic rings. The monoisotopic (exact) mass is 452 g/mol. The van der Waals surface area contributed by atoms with E-state index >= 15 is 0 Å². The van der Waals surface area contributed by atoms with E-state index in [9.17, 15) is 14.0 Å². The van der Waals surface area contributed by atoms with E-state index in [-0.39, 0.29) is 33.0 Å². The Labute approximate surface area is 187 Å². The molecule has 8 nitrogen and oxygen atoms in total. The molecule has 4 aromatic rings. The van der Waals surface area contributed by atoms with Gasteiger partial charge in [0.05, 0.1) is 28.3 Å². The number of aromatic nitrogens is 4. The van der Waals surface area contributed by atoms with Crippen molar-refractivity contribution in [2.45, 2.75) is 20.4 Å². The van der Waals surface area contributed by atoms with Crippen LogP contribution in [0.2, 0.25) is 5.02 Å². The lowest BCUT2D eigenvalue weighted by atomic mass is 10.1. The number of benzene rings is 2. The maximum absolute atomic E-state index is 13.9. The van der Waals surface area contributed by atoms with Gasteiger partial charge in [-0.2, -0.15) is 0 Å². The first-order valence-electron chi connectivity index (χ1n) is 9.59. The lowest BCUT2D eigenvalue weighted by Gasteiger charge is -2.10. The Balaban J connectivity index is 1.67. The number of nitrogens with zero attached hydrogens (tertiary/aromatic N) is 4. The normalized spacial score (nSPS) is 11.0. The third kappa shape index (κ3) is 4.15. The number of carbonyl (C=O) groups is 2. The van der Waals surface area contributed by atoms with Gasteiger partial charge in [-0.05, 0) is 31.5 Å². The van der Waals surface area contributed by atoms with E-state index in [0.717, 1.165) is 17.2 Å². The van der Waals surface area contributed by atoms with Crippen molar-refractivity contribution >= 4 is 40.1 Å². The Bertz CT molecular complexity index is 1370. The Hall–Kier alpha value is -3.85. The third-order valence-electron chi connectivity index (χ3n) is 5.02. The average molecular weight is 453 g/mol. The topological polar surface area (TPSA) is 116 Å². The van der Waals surface area contributed by atoms with E-state index in [4.69, 9.17) is 17.3 Å². The zero-order valence-electron chi connectivity index (χ0n) is 17.2. The predicted octanol–water partition coefficient (Wildman–Crippen LogP) is 3.64. The van der Waals surface area contributed by atoms with Crippen molar-refractivity contribution in [3.05, 3.63) is 81.4 Å². The van der Waals surface area contributed by atoms with Crippen molar-refractivity contribution in [1.82, 2.24) is 20.0 Å². The Morgan fingerprint density at radius 3 is 2.56 bits per heavy atom. The van der Waals surface area contributed by atoms with Gasteiger partial charge in [0, 0.05) is 11.5 Å². The molecule has 0 aliphatic carbocycles. The Morgan fingerprint density at radius 2 is 1.88 bits per heavy atom. The lowest BCUT2D eigenvalue weighted by Crippen LogP contribution is -2.18. The molecule has 0 spiro atoms. The van der Waals surface area contributed by atoms with Gasteiger partial charge in [0.25, 0.3) is 11.8 Å². The summed E-state index contributed by atoms with van der Waals surface area (Å²) in [5.74, 6) is -1.92. The highest BCUT2D eigenvalue weighted by Crippen LogP contribution is 2.26. The molecule has 0 radical (unpaired) electrons. The van der Waals surface area contributed by atoms with E-state index in [1.807, 2.05) is 31.2 Å². The van der Waals surface area contributed by atoms with Crippen LogP contribution in [-0.4, -0.2) is 31.8 Å². The van der Waals surface area contributed by atoms with Crippen LogP contribution < -0.4 is 11.1 Å². The van der Waals surface area contributed by atoms with E-state index in [1.54, 1.807) is 11.6 Å². The summed E-state index contributed by atoms with van der Waals surface area (Å²) in [6.07, 6.45) is 0. The standard InChI is InChI=1S/C22H18ClFN6O2/c1-11-3-5-13(6-4-11)10-30-12(2)21(28-29-30)27-22(32)15-8-19(20(25)31)26-18-9-17(24)16(23)7-14(15)18/h3-9H,10H2,1-2H3,(H2,25,31)(H,27,32). The molecule has 2 heterocycles. The zero-order valence-corrected chi connectivity index (χ0v) is 17.9. The fraction of sp³-hybridized carbons (Fsp3) is 0.136. The number of hydrogen-bond acceptors (Lipinski definition) is 5. The number of nitrogens with two attached hydrogens (primary N) is 1. The van der Waals surface area contributed by atoms with E-state index in [2.05, 4.69) is 20.6 Å². The van der Waals surface area contributed by atoms with Crippen LogP contribution in [0.25, 0.3) is 10.9 Å². The van der Waals surface area contributed by atoms with E-state index in [1.165, 1.54) is 12.1 Å². The van der Waals surface area contributed by atoms with E-state index in [0.29, 0.717) is 12.2 Å². The SMILES string of the molecule is Cc1ccc(Cn2nnc(NC(=O)c3cc(C(N)=O)nc4cc(F)c(Cl)cc34)c2C)cc1. The third-order valence-corrected chi connectivity index (χ3v) is 5.30. The van der Waals surface area contributed by atoms with Crippen LogP contribution in [0, 0.1) is 19.7 Å². The van der Waals surface area contributed by atoms with Crippen molar-refractivity contribution in [3.8, 4) is 0 Å². The second-order valence-corrected chi connectivity index (χ2v) is 7.73. The summed E-state index contributed by atoms with van der Waals surface area (Å²) in [6, 6.07) is 11.6. The first-order valence-corrected chi connectivity index (χ1v) is 9.97. The van der Waals surface area contributed by atoms with Gasteiger partial charge in [-0.3, -0.25) is 9.59 Å². The molecule has 10 heteroatoms. The minimum Gasteiger partial charge on any atom is -0.364 e. The largest absolute Gasteiger partial charge is 0.364 e. The molecule has 0 atom stereocenters. The highest BCUT2D eigenvalue weighted by molar-refractivity contribution is 6.31. The van der Waals surface area contributed by atoms with Crippen LogP contribution in [0.4, 0.5) is 10.2 Å². The highest BCUT2D eigenvalue weighted by atomic mass is 35.5. The minimum absolute atomic E-state index is 0.0539. The summed E-state index contributed by atoms with van der Waals surface area (Å²) >= 11 is 5.89. The van der Waals surface area contributed by atoms with Crippen LogP contribution in [-0.2, 0) is 6.54 Å². The number of aryl methyl sites for hydroxylation is 1. The summed E-state index contributed by atoms with van der Waals surface area (Å²) < 4.78 is 15.6. The van der Waals surface area contributed by atoms with E-state index < -0.39 is 17.6 Å². The van der Waals surface area contributed by atoms with Crippen molar-refractivity contribution in [2.75, 3.05) is 5.32 Å². The fourth-order valence-corrected chi connectivity index (χ4v) is 3.37. The van der Waals surface area contributed by atoms with Gasteiger partial charge in [-0.1, -0.05) is 46.6 Å². The fourth-order valence-electron chi connectivity index (χ4n) is 3.20. The first-order chi connectivity index (χ1) is 15.2. The summed E-state index contributed by atoms with van der Waals surface area (Å²) in [5, 5.41) is 10.9. The van der Waals surface area contributed by atoms with Crippen molar-refractivity contribution < 1.29 is 14.0 Å². The molecular weight excluding hydrogens is 435 g/mol. The molecule has 2 aromatic heterocycles. The van der Waals surface area contributed by atoms with Crippen molar-refractivity contribution in [2.24, 2.45) is 5.73 Å². The Kier molecular flexibility index (Phi) is 5.58. The number of primary amides is 1. The molecule has 32 heavy (non-hydrogen) atoms. The van der Waals surface area contributed by atoms with Gasteiger partial charge in [-0.15, -0.1) is 5.10 Å². The van der Waals surface area contributed by atoms with Gasteiger partial charge < -0.3 is 11.1 Å². The number of amides is 2. The predicted molar refractivity (Wildman–Crippen MR) is 118 cm³/mol. The number of anilines is 1. The molecule has 0 aliphatic heterocycles. The highest BCUT2D eigenvalue weighted by Gasteiger charge is 2.20. The van der Waals surface area contributed by atoms with Gasteiger partial charge in [0.2, 0.25) is 0 Å². The van der Waals surface area contributed by atoms with Gasteiger partial charge in [0.1, 0.15) is 11.5 Å². The smallest absolute Gasteiger partial charge is 0.267 e. The maximum atomic E-state index is 13.9. The van der Waals surface area contributed by atoms with Crippen LogP contribution in [0.3, 0.4) is 0 Å². The van der Waals surface area contributed by atoms with Gasteiger partial charge in [-0.25, -0.2) is 14.1 Å². The molecular formula is C22H18ClFN6O2. The number of rotatable bonds is 5. The maximum Gasteiger partial charge on any atom is 0.267 e. The molecule has 2 aromatic carbocycles. The summed E-state index contributed by atoms with van der Waals surface area (Å²) in [4.78, 5) is 28.7. The zero-order chi connectivity index (χ0) is 23.0. The number of hydrogen-bond donors (Lipinski definition) is 2.